The second-order valence-electron chi connectivity index (χ2n) is 5.14. The van der Waals surface area contributed by atoms with Crippen molar-refractivity contribution >= 4 is 28.9 Å². The summed E-state index contributed by atoms with van der Waals surface area (Å²) in [6.45, 7) is 4.11. The van der Waals surface area contributed by atoms with Crippen LogP contribution in [0.1, 0.15) is 30.6 Å². The summed E-state index contributed by atoms with van der Waals surface area (Å²) in [4.78, 5) is 12.0. The fraction of sp³-hybridized carbons (Fsp3) is 0.222. The molecule has 0 saturated heterocycles. The molecule has 0 saturated carbocycles. The molecular weight excluding hydrogens is 308 g/mol. The van der Waals surface area contributed by atoms with Crippen LogP contribution < -0.4 is 15.4 Å². The number of nitrogens with one attached hydrogen (secondary N) is 2. The number of amides is 1. The SMILES string of the molecule is CCC(C)Oc1ccc(NC(=S)NC(=O)c2ccccc2)cc1. The average Bonchev–Trinajstić information content (AvgIpc) is 2.57. The Morgan fingerprint density at radius 3 is 2.39 bits per heavy atom. The number of rotatable bonds is 5. The lowest BCUT2D eigenvalue weighted by Gasteiger charge is -2.13. The van der Waals surface area contributed by atoms with Gasteiger partial charge in [0.25, 0.3) is 5.91 Å². The Balaban J connectivity index is 1.89. The summed E-state index contributed by atoms with van der Waals surface area (Å²) in [5.41, 5.74) is 1.36. The van der Waals surface area contributed by atoms with Gasteiger partial charge in [-0.3, -0.25) is 10.1 Å². The first-order valence-corrected chi connectivity index (χ1v) is 7.93. The Kier molecular flexibility index (Phi) is 6.11. The fourth-order valence-corrected chi connectivity index (χ4v) is 2.07. The lowest BCUT2D eigenvalue weighted by Crippen LogP contribution is -2.34. The number of thiocarbonyl (C=S) groups is 1. The van der Waals surface area contributed by atoms with Gasteiger partial charge in [-0.2, -0.15) is 0 Å². The molecule has 2 N–H and O–H groups in total. The predicted octanol–water partition coefficient (Wildman–Crippen LogP) is 3.99. The minimum atomic E-state index is -0.236. The van der Waals surface area contributed by atoms with Crippen molar-refractivity contribution in [2.75, 3.05) is 5.32 Å². The number of carbonyl (C=O) groups is 1. The molecule has 0 fully saturated rings. The van der Waals surface area contributed by atoms with E-state index in [9.17, 15) is 4.79 Å². The second kappa shape index (κ2) is 8.29. The topological polar surface area (TPSA) is 50.4 Å². The molecule has 0 radical (unpaired) electrons. The highest BCUT2D eigenvalue weighted by Crippen LogP contribution is 2.17. The third kappa shape index (κ3) is 5.38. The summed E-state index contributed by atoms with van der Waals surface area (Å²) in [6, 6.07) is 16.4. The molecule has 2 aromatic carbocycles. The number of carbonyl (C=O) groups excluding carboxylic acids is 1. The van der Waals surface area contributed by atoms with Gasteiger partial charge < -0.3 is 10.1 Å². The third-order valence-corrected chi connectivity index (χ3v) is 3.49. The lowest BCUT2D eigenvalue weighted by molar-refractivity contribution is 0.0977. The molecule has 120 valence electrons. The van der Waals surface area contributed by atoms with E-state index in [1.54, 1.807) is 24.3 Å². The van der Waals surface area contributed by atoms with Crippen molar-refractivity contribution in [2.24, 2.45) is 0 Å². The summed E-state index contributed by atoms with van der Waals surface area (Å²) in [5, 5.41) is 5.89. The first kappa shape index (κ1) is 17.0. The summed E-state index contributed by atoms with van der Waals surface area (Å²) >= 11 is 5.16. The van der Waals surface area contributed by atoms with Gasteiger partial charge in [0.2, 0.25) is 0 Å². The standard InChI is InChI=1S/C18H20N2O2S/c1-3-13(2)22-16-11-9-15(10-12-16)19-18(23)20-17(21)14-7-5-4-6-8-14/h4-13H,3H2,1-2H3,(H2,19,20,21,23). The van der Waals surface area contributed by atoms with Gasteiger partial charge >= 0.3 is 0 Å². The lowest BCUT2D eigenvalue weighted by atomic mass is 10.2. The molecule has 1 atom stereocenters. The molecule has 0 bridgehead atoms. The number of benzene rings is 2. The molecule has 0 aliphatic carbocycles. The normalized spacial score (nSPS) is 11.4. The predicted molar refractivity (Wildman–Crippen MR) is 97.0 cm³/mol. The van der Waals surface area contributed by atoms with Gasteiger partial charge in [-0.1, -0.05) is 25.1 Å². The van der Waals surface area contributed by atoms with Gasteiger partial charge in [0.1, 0.15) is 5.75 Å². The van der Waals surface area contributed by atoms with Gasteiger partial charge in [0.15, 0.2) is 5.11 Å². The van der Waals surface area contributed by atoms with Crippen LogP contribution in [0.3, 0.4) is 0 Å². The van der Waals surface area contributed by atoms with E-state index in [-0.39, 0.29) is 17.1 Å². The van der Waals surface area contributed by atoms with Crippen LogP contribution in [0.4, 0.5) is 5.69 Å². The van der Waals surface area contributed by atoms with Gasteiger partial charge in [-0.15, -0.1) is 0 Å². The van der Waals surface area contributed by atoms with Crippen molar-refractivity contribution in [3.63, 3.8) is 0 Å². The van der Waals surface area contributed by atoms with Crippen LogP contribution in [0, 0.1) is 0 Å². The molecular formula is C18H20N2O2S. The van der Waals surface area contributed by atoms with Crippen LogP contribution in [-0.2, 0) is 0 Å². The highest BCUT2D eigenvalue weighted by Gasteiger charge is 2.07. The van der Waals surface area contributed by atoms with E-state index in [1.165, 1.54) is 0 Å². The Morgan fingerprint density at radius 1 is 1.13 bits per heavy atom. The zero-order valence-corrected chi connectivity index (χ0v) is 14.0. The van der Waals surface area contributed by atoms with Crippen LogP contribution in [0.15, 0.2) is 54.6 Å². The molecule has 5 heteroatoms. The molecule has 0 aromatic heterocycles. The van der Waals surface area contributed by atoms with Crippen LogP contribution in [0.5, 0.6) is 5.75 Å². The molecule has 0 aliphatic heterocycles. The molecule has 2 aromatic rings. The smallest absolute Gasteiger partial charge is 0.257 e. The summed E-state index contributed by atoms with van der Waals surface area (Å²) in [7, 11) is 0. The number of hydrogen-bond acceptors (Lipinski definition) is 3. The van der Waals surface area contributed by atoms with E-state index >= 15 is 0 Å². The van der Waals surface area contributed by atoms with E-state index in [0.29, 0.717) is 5.56 Å². The van der Waals surface area contributed by atoms with E-state index in [2.05, 4.69) is 17.6 Å². The van der Waals surface area contributed by atoms with Crippen LogP contribution >= 0.6 is 12.2 Å². The first-order chi connectivity index (χ1) is 11.1. The molecule has 0 spiro atoms. The molecule has 1 unspecified atom stereocenters. The van der Waals surface area contributed by atoms with Crippen molar-refractivity contribution in [1.29, 1.82) is 0 Å². The summed E-state index contributed by atoms with van der Waals surface area (Å²) < 4.78 is 5.72. The fourth-order valence-electron chi connectivity index (χ4n) is 1.86. The van der Waals surface area contributed by atoms with Crippen LogP contribution in [0.2, 0.25) is 0 Å². The molecule has 1 amide bonds. The van der Waals surface area contributed by atoms with E-state index in [1.807, 2.05) is 37.3 Å². The third-order valence-electron chi connectivity index (χ3n) is 3.29. The molecule has 4 nitrogen and oxygen atoms in total. The number of ether oxygens (including phenoxy) is 1. The Hall–Kier alpha value is -2.40. The molecule has 23 heavy (non-hydrogen) atoms. The maximum atomic E-state index is 12.0. The van der Waals surface area contributed by atoms with Crippen molar-refractivity contribution in [3.05, 3.63) is 60.2 Å². The minimum Gasteiger partial charge on any atom is -0.491 e. The van der Waals surface area contributed by atoms with Gasteiger partial charge in [-0.05, 0) is 62.0 Å². The van der Waals surface area contributed by atoms with Crippen molar-refractivity contribution in [3.8, 4) is 5.75 Å². The largest absolute Gasteiger partial charge is 0.491 e. The van der Waals surface area contributed by atoms with Gasteiger partial charge in [-0.25, -0.2) is 0 Å². The highest BCUT2D eigenvalue weighted by molar-refractivity contribution is 7.80. The van der Waals surface area contributed by atoms with E-state index < -0.39 is 0 Å². The molecule has 0 aliphatic rings. The molecule has 2 rings (SSSR count). The quantitative estimate of drug-likeness (QED) is 0.815. The van der Waals surface area contributed by atoms with Crippen LogP contribution in [0.25, 0.3) is 0 Å². The van der Waals surface area contributed by atoms with E-state index in [4.69, 9.17) is 17.0 Å². The first-order valence-electron chi connectivity index (χ1n) is 7.52. The number of anilines is 1. The van der Waals surface area contributed by atoms with Crippen molar-refractivity contribution < 1.29 is 9.53 Å². The van der Waals surface area contributed by atoms with Crippen molar-refractivity contribution in [1.82, 2.24) is 5.32 Å². The monoisotopic (exact) mass is 328 g/mol. The second-order valence-corrected chi connectivity index (χ2v) is 5.54. The Morgan fingerprint density at radius 2 is 1.78 bits per heavy atom. The Labute approximate surface area is 141 Å². The van der Waals surface area contributed by atoms with Crippen LogP contribution in [-0.4, -0.2) is 17.1 Å². The van der Waals surface area contributed by atoms with Gasteiger partial charge in [0.05, 0.1) is 6.10 Å². The zero-order chi connectivity index (χ0) is 16.7. The summed E-state index contributed by atoms with van der Waals surface area (Å²) in [6.07, 6.45) is 1.13. The maximum absolute atomic E-state index is 12.0. The number of hydrogen-bond donors (Lipinski definition) is 2. The van der Waals surface area contributed by atoms with E-state index in [0.717, 1.165) is 17.9 Å². The zero-order valence-electron chi connectivity index (χ0n) is 13.2. The minimum absolute atomic E-state index is 0.181. The highest BCUT2D eigenvalue weighted by atomic mass is 32.1. The Bertz CT molecular complexity index is 656. The molecule has 0 heterocycles. The van der Waals surface area contributed by atoms with Crippen molar-refractivity contribution in [2.45, 2.75) is 26.4 Å². The maximum Gasteiger partial charge on any atom is 0.257 e. The average molecular weight is 328 g/mol. The van der Waals surface area contributed by atoms with Gasteiger partial charge in [0, 0.05) is 11.3 Å². The summed E-state index contributed by atoms with van der Waals surface area (Å²) in [5.74, 6) is 0.573.